The lowest BCUT2D eigenvalue weighted by Crippen LogP contribution is -2.33. The Balaban J connectivity index is 1.35. The van der Waals surface area contributed by atoms with Gasteiger partial charge in [0.05, 0.1) is 25.9 Å². The number of hydrogen-bond acceptors (Lipinski definition) is 5. The first-order valence-electron chi connectivity index (χ1n) is 11.5. The lowest BCUT2D eigenvalue weighted by atomic mass is 10.00. The van der Waals surface area contributed by atoms with Gasteiger partial charge in [0.2, 0.25) is 11.8 Å². The molecule has 8 heteroatoms. The van der Waals surface area contributed by atoms with E-state index >= 15 is 0 Å². The first-order chi connectivity index (χ1) is 16.9. The molecule has 1 aliphatic rings. The van der Waals surface area contributed by atoms with Gasteiger partial charge in [-0.05, 0) is 54.2 Å². The van der Waals surface area contributed by atoms with Crippen molar-refractivity contribution in [1.29, 1.82) is 0 Å². The second-order valence-electron chi connectivity index (χ2n) is 8.48. The molecule has 0 bridgehead atoms. The number of anilines is 1. The molecule has 2 heterocycles. The molecule has 1 saturated heterocycles. The maximum atomic E-state index is 15.0. The number of ether oxygens (including phenoxy) is 2. The molecule has 1 fully saturated rings. The first-order valence-corrected chi connectivity index (χ1v) is 11.5. The number of halogens is 1. The van der Waals surface area contributed by atoms with Crippen LogP contribution in [0.3, 0.4) is 0 Å². The number of nitrogens with one attached hydrogen (secondary N) is 1. The van der Waals surface area contributed by atoms with Crippen molar-refractivity contribution in [2.75, 3.05) is 25.1 Å². The Morgan fingerprint density at radius 3 is 2.54 bits per heavy atom. The van der Waals surface area contributed by atoms with Gasteiger partial charge in [0.25, 0.3) is 0 Å². The monoisotopic (exact) mass is 477 g/mol. The fourth-order valence-electron chi connectivity index (χ4n) is 4.03. The Labute approximate surface area is 203 Å². The Morgan fingerprint density at radius 1 is 1.14 bits per heavy atom. The summed E-state index contributed by atoms with van der Waals surface area (Å²) in [5, 5.41) is 2.63. The lowest BCUT2D eigenvalue weighted by Gasteiger charge is -2.15. The third-order valence-electron chi connectivity index (χ3n) is 5.92. The van der Waals surface area contributed by atoms with E-state index in [2.05, 4.69) is 10.3 Å². The minimum absolute atomic E-state index is 0.199. The number of amides is 2. The molecule has 0 unspecified atom stereocenters. The summed E-state index contributed by atoms with van der Waals surface area (Å²) in [5.41, 5.74) is 3.99. The number of benzene rings is 2. The molecule has 0 spiro atoms. The third kappa shape index (κ3) is 6.15. The Bertz CT molecular complexity index is 1180. The van der Waals surface area contributed by atoms with Crippen molar-refractivity contribution in [1.82, 2.24) is 10.3 Å². The van der Waals surface area contributed by atoms with E-state index in [1.807, 2.05) is 42.6 Å². The maximum Gasteiger partial charge on any atom is 0.414 e. The number of methoxy groups -OCH3 is 1. The average Bonchev–Trinajstić information content (AvgIpc) is 3.24. The Kier molecular flexibility index (Phi) is 7.60. The summed E-state index contributed by atoms with van der Waals surface area (Å²) in [4.78, 5) is 28.9. The highest BCUT2D eigenvalue weighted by molar-refractivity contribution is 5.90. The van der Waals surface area contributed by atoms with Crippen molar-refractivity contribution in [3.63, 3.8) is 0 Å². The molecule has 1 aliphatic heterocycles. The number of rotatable bonds is 9. The molecular formula is C27H28FN3O4. The highest BCUT2D eigenvalue weighted by Gasteiger charge is 2.32. The van der Waals surface area contributed by atoms with E-state index in [1.165, 1.54) is 23.5 Å². The lowest BCUT2D eigenvalue weighted by molar-refractivity contribution is -0.119. The van der Waals surface area contributed by atoms with Crippen LogP contribution in [0.2, 0.25) is 0 Å². The van der Waals surface area contributed by atoms with Crippen molar-refractivity contribution >= 4 is 17.7 Å². The standard InChI is InChI=1S/C27H28FN3O4/c1-18(32)29-16-23-17-31(27(33)35-23)22-11-12-24(25(28)14-22)21-9-6-19(7-10-21)4-3-5-20-8-13-26(34-2)30-15-20/h6-15,23H,3-5,16-17H2,1-2H3,(H,29,32)/t23-/m0/s1. The van der Waals surface area contributed by atoms with Gasteiger partial charge >= 0.3 is 6.09 Å². The molecule has 35 heavy (non-hydrogen) atoms. The largest absolute Gasteiger partial charge is 0.481 e. The molecule has 1 atom stereocenters. The van der Waals surface area contributed by atoms with E-state index in [9.17, 15) is 14.0 Å². The van der Waals surface area contributed by atoms with E-state index in [4.69, 9.17) is 9.47 Å². The zero-order valence-electron chi connectivity index (χ0n) is 19.8. The van der Waals surface area contributed by atoms with Crippen LogP contribution in [-0.4, -0.2) is 43.3 Å². The van der Waals surface area contributed by atoms with Crippen LogP contribution in [0.15, 0.2) is 60.8 Å². The number of carbonyl (C=O) groups is 2. The van der Waals surface area contributed by atoms with E-state index in [1.54, 1.807) is 19.2 Å². The Hall–Kier alpha value is -3.94. The van der Waals surface area contributed by atoms with Crippen LogP contribution in [0.5, 0.6) is 5.88 Å². The van der Waals surface area contributed by atoms with Gasteiger partial charge in [0.1, 0.15) is 11.9 Å². The second kappa shape index (κ2) is 11.0. The number of aryl methyl sites for hydroxylation is 2. The van der Waals surface area contributed by atoms with E-state index < -0.39 is 18.0 Å². The number of nitrogens with zero attached hydrogens (tertiary/aromatic N) is 2. The number of aromatic nitrogens is 1. The van der Waals surface area contributed by atoms with E-state index in [0.717, 1.165) is 30.4 Å². The van der Waals surface area contributed by atoms with E-state index in [-0.39, 0.29) is 19.0 Å². The van der Waals surface area contributed by atoms with Crippen LogP contribution in [0.25, 0.3) is 11.1 Å². The summed E-state index contributed by atoms with van der Waals surface area (Å²) in [6.45, 7) is 1.87. The molecule has 1 N–H and O–H groups in total. The highest BCUT2D eigenvalue weighted by atomic mass is 19.1. The average molecular weight is 478 g/mol. The van der Waals surface area contributed by atoms with Crippen LogP contribution in [0.1, 0.15) is 24.5 Å². The fourth-order valence-corrected chi connectivity index (χ4v) is 4.03. The molecule has 2 amide bonds. The van der Waals surface area contributed by atoms with Crippen LogP contribution in [0.4, 0.5) is 14.9 Å². The molecule has 182 valence electrons. The molecule has 2 aromatic carbocycles. The van der Waals surface area contributed by atoms with Gasteiger partial charge in [-0.1, -0.05) is 30.3 Å². The molecule has 4 rings (SSSR count). The maximum absolute atomic E-state index is 15.0. The van der Waals surface area contributed by atoms with Crippen molar-refractivity contribution in [2.24, 2.45) is 0 Å². The number of cyclic esters (lactones) is 1. The van der Waals surface area contributed by atoms with Crippen molar-refractivity contribution in [2.45, 2.75) is 32.3 Å². The molecule has 3 aromatic rings. The summed E-state index contributed by atoms with van der Waals surface area (Å²) in [5.74, 6) is -0.00746. The smallest absolute Gasteiger partial charge is 0.414 e. The van der Waals surface area contributed by atoms with Crippen molar-refractivity contribution in [3.8, 4) is 17.0 Å². The summed E-state index contributed by atoms with van der Waals surface area (Å²) in [6, 6.07) is 16.5. The summed E-state index contributed by atoms with van der Waals surface area (Å²) >= 11 is 0. The van der Waals surface area contributed by atoms with E-state index in [0.29, 0.717) is 17.1 Å². The fraction of sp³-hybridized carbons (Fsp3) is 0.296. The molecule has 0 aliphatic carbocycles. The van der Waals surface area contributed by atoms with Gasteiger partial charge in [-0.15, -0.1) is 0 Å². The molecule has 1 aromatic heterocycles. The zero-order chi connectivity index (χ0) is 24.8. The summed E-state index contributed by atoms with van der Waals surface area (Å²) in [6.07, 6.45) is 3.61. The molecule has 0 saturated carbocycles. The topological polar surface area (TPSA) is 80.8 Å². The normalized spacial score (nSPS) is 15.1. The van der Waals surface area contributed by atoms with Gasteiger partial charge < -0.3 is 14.8 Å². The number of pyridine rings is 1. The molecule has 0 radical (unpaired) electrons. The summed E-state index contributed by atoms with van der Waals surface area (Å²) in [7, 11) is 1.60. The second-order valence-corrected chi connectivity index (χ2v) is 8.48. The SMILES string of the molecule is COc1ccc(CCCc2ccc(-c3ccc(N4C[C@H](CNC(C)=O)OC4=O)cc3F)cc2)cn1. The van der Waals surface area contributed by atoms with Gasteiger partial charge in [0, 0.05) is 24.8 Å². The zero-order valence-corrected chi connectivity index (χ0v) is 19.8. The van der Waals surface area contributed by atoms with Crippen molar-refractivity contribution in [3.05, 3.63) is 77.7 Å². The van der Waals surface area contributed by atoms with Crippen LogP contribution in [-0.2, 0) is 22.4 Å². The van der Waals surface area contributed by atoms with Crippen LogP contribution in [0, 0.1) is 5.82 Å². The van der Waals surface area contributed by atoms with Gasteiger partial charge in [-0.2, -0.15) is 0 Å². The highest BCUT2D eigenvalue weighted by Crippen LogP contribution is 2.29. The predicted octanol–water partition coefficient (Wildman–Crippen LogP) is 4.53. The minimum atomic E-state index is -0.553. The van der Waals surface area contributed by atoms with Gasteiger partial charge in [0.15, 0.2) is 0 Å². The third-order valence-corrected chi connectivity index (χ3v) is 5.92. The first kappa shape index (κ1) is 24.2. The summed E-state index contributed by atoms with van der Waals surface area (Å²) < 4.78 is 25.3. The Morgan fingerprint density at radius 2 is 1.89 bits per heavy atom. The number of hydrogen-bond donors (Lipinski definition) is 1. The molecule has 7 nitrogen and oxygen atoms in total. The van der Waals surface area contributed by atoms with Gasteiger partial charge in [-0.25, -0.2) is 14.2 Å². The number of carbonyl (C=O) groups excluding carboxylic acids is 2. The minimum Gasteiger partial charge on any atom is -0.481 e. The van der Waals surface area contributed by atoms with Gasteiger partial charge in [-0.3, -0.25) is 9.69 Å². The molecular weight excluding hydrogens is 449 g/mol. The quantitative estimate of drug-likeness (QED) is 0.490. The van der Waals surface area contributed by atoms with Crippen LogP contribution < -0.4 is 15.0 Å². The van der Waals surface area contributed by atoms with Crippen molar-refractivity contribution < 1.29 is 23.5 Å². The predicted molar refractivity (Wildman–Crippen MR) is 131 cm³/mol. The van der Waals surface area contributed by atoms with Crippen LogP contribution >= 0.6 is 0 Å².